The standard InChI is InChI=1S/C24H27N3O4/c1-5-11-27-16(3)12-19(17(27)4)13-20(14-25)24(30)31-15-22(28)18-7-9-21(10-8-18)26-23(29)6-2/h7-10,12-13H,5-6,11,15H2,1-4H3,(H,26,29)/b20-13+. The van der Waals surface area contributed by atoms with Crippen LogP contribution < -0.4 is 5.32 Å². The summed E-state index contributed by atoms with van der Waals surface area (Å²) in [5.74, 6) is -1.37. The van der Waals surface area contributed by atoms with E-state index in [9.17, 15) is 19.6 Å². The molecule has 0 atom stereocenters. The molecular formula is C24H27N3O4. The lowest BCUT2D eigenvalue weighted by molar-refractivity contribution is -0.137. The van der Waals surface area contributed by atoms with Crippen molar-refractivity contribution in [3.8, 4) is 6.07 Å². The molecular weight excluding hydrogens is 394 g/mol. The van der Waals surface area contributed by atoms with Crippen molar-refractivity contribution in [2.24, 2.45) is 0 Å². The van der Waals surface area contributed by atoms with Gasteiger partial charge in [0.25, 0.3) is 0 Å². The van der Waals surface area contributed by atoms with Gasteiger partial charge in [-0.1, -0.05) is 13.8 Å². The maximum Gasteiger partial charge on any atom is 0.349 e. The van der Waals surface area contributed by atoms with E-state index in [1.54, 1.807) is 31.2 Å². The summed E-state index contributed by atoms with van der Waals surface area (Å²) in [4.78, 5) is 36.0. The van der Waals surface area contributed by atoms with Crippen molar-refractivity contribution in [2.75, 3.05) is 11.9 Å². The Morgan fingerprint density at radius 1 is 1.16 bits per heavy atom. The second-order valence-electron chi connectivity index (χ2n) is 7.13. The number of Topliss-reactive ketones (excluding diaryl/α,β-unsaturated/α-hetero) is 1. The van der Waals surface area contributed by atoms with E-state index < -0.39 is 18.4 Å². The fourth-order valence-electron chi connectivity index (χ4n) is 3.11. The van der Waals surface area contributed by atoms with E-state index in [1.807, 2.05) is 26.0 Å². The molecule has 0 unspecified atom stereocenters. The minimum Gasteiger partial charge on any atom is -0.453 e. The van der Waals surface area contributed by atoms with Crippen molar-refractivity contribution in [3.63, 3.8) is 0 Å². The average molecular weight is 421 g/mol. The van der Waals surface area contributed by atoms with Crippen LogP contribution in [-0.4, -0.2) is 28.8 Å². The Balaban J connectivity index is 2.04. The third-order valence-electron chi connectivity index (χ3n) is 4.85. The van der Waals surface area contributed by atoms with Gasteiger partial charge in [0, 0.05) is 35.6 Å². The minimum atomic E-state index is -0.844. The summed E-state index contributed by atoms with van der Waals surface area (Å²) in [7, 11) is 0. The van der Waals surface area contributed by atoms with Gasteiger partial charge in [-0.25, -0.2) is 4.79 Å². The molecule has 0 aliphatic carbocycles. The van der Waals surface area contributed by atoms with Gasteiger partial charge in [-0.15, -0.1) is 0 Å². The number of aromatic nitrogens is 1. The maximum absolute atomic E-state index is 12.3. The monoisotopic (exact) mass is 421 g/mol. The Hall–Kier alpha value is -3.66. The predicted octanol–water partition coefficient (Wildman–Crippen LogP) is 4.20. The number of hydrogen-bond donors (Lipinski definition) is 1. The lowest BCUT2D eigenvalue weighted by atomic mass is 10.1. The first-order valence-corrected chi connectivity index (χ1v) is 10.2. The number of nitrogens with zero attached hydrogens (tertiary/aromatic N) is 2. The highest BCUT2D eigenvalue weighted by Gasteiger charge is 2.16. The van der Waals surface area contributed by atoms with Crippen LogP contribution in [0.15, 0.2) is 35.9 Å². The zero-order chi connectivity index (χ0) is 23.0. The number of ether oxygens (including phenoxy) is 1. The first-order chi connectivity index (χ1) is 14.8. The molecule has 162 valence electrons. The molecule has 0 saturated heterocycles. The zero-order valence-electron chi connectivity index (χ0n) is 18.3. The van der Waals surface area contributed by atoms with Gasteiger partial charge in [0.15, 0.2) is 12.4 Å². The second kappa shape index (κ2) is 10.9. The van der Waals surface area contributed by atoms with E-state index in [2.05, 4.69) is 16.8 Å². The smallest absolute Gasteiger partial charge is 0.349 e. The van der Waals surface area contributed by atoms with Gasteiger partial charge in [-0.3, -0.25) is 9.59 Å². The molecule has 0 aliphatic rings. The molecule has 0 spiro atoms. The van der Waals surface area contributed by atoms with Crippen molar-refractivity contribution in [2.45, 2.75) is 47.1 Å². The molecule has 0 aliphatic heterocycles. The molecule has 0 saturated carbocycles. The molecule has 0 bridgehead atoms. The maximum atomic E-state index is 12.3. The van der Waals surface area contributed by atoms with Crippen molar-refractivity contribution >= 4 is 29.4 Å². The molecule has 0 fully saturated rings. The van der Waals surface area contributed by atoms with Crippen molar-refractivity contribution in [3.05, 3.63) is 58.4 Å². The van der Waals surface area contributed by atoms with Crippen LogP contribution in [0.4, 0.5) is 5.69 Å². The number of rotatable bonds is 9. The third kappa shape index (κ3) is 6.16. The summed E-state index contributed by atoms with van der Waals surface area (Å²) in [5.41, 5.74) is 3.54. The Bertz CT molecular complexity index is 1040. The third-order valence-corrected chi connectivity index (χ3v) is 4.85. The minimum absolute atomic E-state index is 0.126. The molecule has 2 aromatic rings. The number of carbonyl (C=O) groups excluding carboxylic acids is 3. The molecule has 1 aromatic carbocycles. The highest BCUT2D eigenvalue weighted by molar-refractivity contribution is 6.02. The fourth-order valence-corrected chi connectivity index (χ4v) is 3.11. The first kappa shape index (κ1) is 23.6. The van der Waals surface area contributed by atoms with Crippen LogP contribution in [0.25, 0.3) is 6.08 Å². The molecule has 2 rings (SSSR count). The van der Waals surface area contributed by atoms with Crippen LogP contribution in [-0.2, 0) is 20.9 Å². The number of esters is 1. The van der Waals surface area contributed by atoms with Crippen LogP contribution in [0.1, 0.15) is 54.0 Å². The molecule has 1 N–H and O–H groups in total. The average Bonchev–Trinajstić information content (AvgIpc) is 3.03. The van der Waals surface area contributed by atoms with Crippen LogP contribution in [0, 0.1) is 25.2 Å². The number of hydrogen-bond acceptors (Lipinski definition) is 5. The number of ketones is 1. The second-order valence-corrected chi connectivity index (χ2v) is 7.13. The zero-order valence-corrected chi connectivity index (χ0v) is 18.3. The fraction of sp³-hybridized carbons (Fsp3) is 0.333. The van der Waals surface area contributed by atoms with Crippen LogP contribution in [0.3, 0.4) is 0 Å². The SMILES string of the molecule is CCCn1c(C)cc(/C=C(\C#N)C(=O)OCC(=O)c2ccc(NC(=O)CC)cc2)c1C. The van der Waals surface area contributed by atoms with E-state index in [0.717, 1.165) is 29.9 Å². The Kier molecular flexibility index (Phi) is 8.33. The molecule has 1 heterocycles. The summed E-state index contributed by atoms with van der Waals surface area (Å²) >= 11 is 0. The normalized spacial score (nSPS) is 11.0. The quantitative estimate of drug-likeness (QED) is 0.283. The van der Waals surface area contributed by atoms with Gasteiger partial charge in [0.1, 0.15) is 11.6 Å². The van der Waals surface area contributed by atoms with Crippen molar-refractivity contribution in [1.82, 2.24) is 4.57 Å². The number of nitrogens with one attached hydrogen (secondary N) is 1. The number of anilines is 1. The number of aryl methyl sites for hydroxylation is 1. The van der Waals surface area contributed by atoms with E-state index in [4.69, 9.17) is 4.74 Å². The molecule has 31 heavy (non-hydrogen) atoms. The van der Waals surface area contributed by atoms with E-state index in [1.165, 1.54) is 6.08 Å². The molecule has 7 heteroatoms. The summed E-state index contributed by atoms with van der Waals surface area (Å²) in [6, 6.07) is 10.1. The topological polar surface area (TPSA) is 101 Å². The number of amides is 1. The predicted molar refractivity (Wildman–Crippen MR) is 118 cm³/mol. The van der Waals surface area contributed by atoms with Crippen LogP contribution >= 0.6 is 0 Å². The Morgan fingerprint density at radius 2 is 1.84 bits per heavy atom. The molecule has 1 aromatic heterocycles. The molecule has 0 radical (unpaired) electrons. The molecule has 1 amide bonds. The first-order valence-electron chi connectivity index (χ1n) is 10.2. The highest BCUT2D eigenvalue weighted by Crippen LogP contribution is 2.19. The Morgan fingerprint density at radius 3 is 2.42 bits per heavy atom. The molecule has 7 nitrogen and oxygen atoms in total. The number of benzene rings is 1. The number of carbonyl (C=O) groups is 3. The summed E-state index contributed by atoms with van der Waals surface area (Å²) in [5, 5.41) is 12.1. The van der Waals surface area contributed by atoms with Crippen molar-refractivity contribution < 1.29 is 19.1 Å². The highest BCUT2D eigenvalue weighted by atomic mass is 16.5. The van der Waals surface area contributed by atoms with Gasteiger partial charge in [-0.05, 0) is 62.2 Å². The Labute approximate surface area is 182 Å². The van der Waals surface area contributed by atoms with E-state index in [-0.39, 0.29) is 11.5 Å². The van der Waals surface area contributed by atoms with Crippen LogP contribution in [0.2, 0.25) is 0 Å². The lowest BCUT2D eigenvalue weighted by Gasteiger charge is -2.07. The van der Waals surface area contributed by atoms with E-state index in [0.29, 0.717) is 17.7 Å². The summed E-state index contributed by atoms with van der Waals surface area (Å²) in [6.45, 7) is 8.11. The van der Waals surface area contributed by atoms with Gasteiger partial charge in [0.05, 0.1) is 0 Å². The largest absolute Gasteiger partial charge is 0.453 e. The van der Waals surface area contributed by atoms with Gasteiger partial charge in [0.2, 0.25) is 5.91 Å². The summed E-state index contributed by atoms with van der Waals surface area (Å²) < 4.78 is 7.19. The van der Waals surface area contributed by atoms with Gasteiger partial charge < -0.3 is 14.6 Å². The summed E-state index contributed by atoms with van der Waals surface area (Å²) in [6.07, 6.45) is 2.82. The lowest BCUT2D eigenvalue weighted by Crippen LogP contribution is -2.15. The number of nitriles is 1. The van der Waals surface area contributed by atoms with Gasteiger partial charge >= 0.3 is 5.97 Å². The van der Waals surface area contributed by atoms with E-state index >= 15 is 0 Å². The van der Waals surface area contributed by atoms with Crippen molar-refractivity contribution in [1.29, 1.82) is 5.26 Å². The van der Waals surface area contributed by atoms with Crippen LogP contribution in [0.5, 0.6) is 0 Å². The van der Waals surface area contributed by atoms with Gasteiger partial charge in [-0.2, -0.15) is 5.26 Å².